The van der Waals surface area contributed by atoms with Gasteiger partial charge >= 0.3 is 12.1 Å². The van der Waals surface area contributed by atoms with Gasteiger partial charge in [0.1, 0.15) is 11.1 Å². The molecule has 1 atom stereocenters. The highest BCUT2D eigenvalue weighted by molar-refractivity contribution is 9.09. The zero-order valence-corrected chi connectivity index (χ0v) is 17.0. The Morgan fingerprint density at radius 1 is 1.21 bits per heavy atom. The molecule has 1 fully saturated rings. The van der Waals surface area contributed by atoms with Crippen LogP contribution >= 0.6 is 15.9 Å². The van der Waals surface area contributed by atoms with E-state index in [1.807, 2.05) is 13.8 Å². The van der Waals surface area contributed by atoms with Crippen LogP contribution in [0.1, 0.15) is 79.1 Å². The zero-order valence-electron chi connectivity index (χ0n) is 15.5. The highest BCUT2D eigenvalue weighted by Crippen LogP contribution is 2.30. The molecule has 1 unspecified atom stereocenters. The minimum Gasteiger partial charge on any atom is -0.464 e. The van der Waals surface area contributed by atoms with Gasteiger partial charge in [-0.3, -0.25) is 0 Å². The van der Waals surface area contributed by atoms with E-state index < -0.39 is 17.2 Å². The number of rotatable bonds is 8. The monoisotopic (exact) mass is 405 g/mol. The van der Waals surface area contributed by atoms with Gasteiger partial charge in [-0.05, 0) is 46.5 Å². The largest absolute Gasteiger partial charge is 0.464 e. The Morgan fingerprint density at radius 2 is 1.83 bits per heavy atom. The molecular formula is C18H32BrNO4. The molecule has 1 amide bonds. The Labute approximate surface area is 154 Å². The first-order valence-electron chi connectivity index (χ1n) is 9.07. The lowest BCUT2D eigenvalue weighted by Crippen LogP contribution is -2.57. The molecule has 1 saturated carbocycles. The molecule has 1 aliphatic rings. The lowest BCUT2D eigenvalue weighted by molar-refractivity contribution is -0.152. The van der Waals surface area contributed by atoms with Crippen LogP contribution in [0.4, 0.5) is 4.79 Å². The van der Waals surface area contributed by atoms with Gasteiger partial charge in [0.2, 0.25) is 0 Å². The molecule has 0 bridgehead atoms. The lowest BCUT2D eigenvalue weighted by atomic mass is 9.82. The summed E-state index contributed by atoms with van der Waals surface area (Å²) in [7, 11) is 0. The average Bonchev–Trinajstić information content (AvgIpc) is 2.47. The van der Waals surface area contributed by atoms with Gasteiger partial charge in [0.25, 0.3) is 0 Å². The first kappa shape index (κ1) is 21.3. The van der Waals surface area contributed by atoms with Crippen LogP contribution in [0.25, 0.3) is 0 Å². The fraction of sp³-hybridized carbons (Fsp3) is 0.889. The van der Waals surface area contributed by atoms with Gasteiger partial charge in [0.05, 0.1) is 6.61 Å². The number of carbonyl (C=O) groups excluding carboxylic acids is 2. The number of hydrogen-bond acceptors (Lipinski definition) is 4. The summed E-state index contributed by atoms with van der Waals surface area (Å²) in [6.07, 6.45) is 6.39. The van der Waals surface area contributed by atoms with Crippen molar-refractivity contribution in [2.45, 2.75) is 95.0 Å². The van der Waals surface area contributed by atoms with Crippen LogP contribution in [0.15, 0.2) is 0 Å². The molecule has 0 spiro atoms. The predicted molar refractivity (Wildman–Crippen MR) is 98.4 cm³/mol. The van der Waals surface area contributed by atoms with Crippen molar-refractivity contribution in [2.75, 3.05) is 6.61 Å². The van der Waals surface area contributed by atoms with Gasteiger partial charge in [-0.2, -0.15) is 0 Å². The standard InChI is InChI=1S/C18H32BrNO4/c1-5-10-14(19)13-17(3,4)24-16(22)20-18(15(21)23-6-2)11-8-7-9-12-18/h14H,5-13H2,1-4H3,(H,20,22). The molecule has 1 aliphatic carbocycles. The summed E-state index contributed by atoms with van der Waals surface area (Å²) in [6, 6.07) is 0. The second-order valence-electron chi connectivity index (χ2n) is 7.23. The number of esters is 1. The SMILES string of the molecule is CCCC(Br)CC(C)(C)OC(=O)NC1(C(=O)OCC)CCCCC1. The molecule has 0 heterocycles. The number of nitrogens with one attached hydrogen (secondary N) is 1. The highest BCUT2D eigenvalue weighted by Gasteiger charge is 2.43. The molecule has 140 valence electrons. The maximum Gasteiger partial charge on any atom is 0.408 e. The second-order valence-corrected chi connectivity index (χ2v) is 8.52. The first-order chi connectivity index (χ1) is 11.2. The van der Waals surface area contributed by atoms with Crippen molar-refractivity contribution in [1.29, 1.82) is 0 Å². The molecule has 0 saturated heterocycles. The van der Waals surface area contributed by atoms with E-state index in [1.54, 1.807) is 6.92 Å². The molecule has 0 aromatic rings. The number of alkyl carbamates (subject to hydrolysis) is 1. The Balaban J connectivity index is 2.69. The Bertz CT molecular complexity index is 419. The van der Waals surface area contributed by atoms with Crippen molar-refractivity contribution in [3.8, 4) is 0 Å². The fourth-order valence-electron chi connectivity index (χ4n) is 3.27. The van der Waals surface area contributed by atoms with Crippen LogP contribution in [-0.2, 0) is 14.3 Å². The summed E-state index contributed by atoms with van der Waals surface area (Å²) >= 11 is 3.63. The van der Waals surface area contributed by atoms with Crippen molar-refractivity contribution in [3.05, 3.63) is 0 Å². The number of alkyl halides is 1. The van der Waals surface area contributed by atoms with Crippen LogP contribution in [0, 0.1) is 0 Å². The van der Waals surface area contributed by atoms with E-state index in [0.717, 1.165) is 38.5 Å². The van der Waals surface area contributed by atoms with E-state index in [1.165, 1.54) is 0 Å². The molecular weight excluding hydrogens is 374 g/mol. The van der Waals surface area contributed by atoms with Crippen LogP contribution in [-0.4, -0.2) is 34.6 Å². The quantitative estimate of drug-likeness (QED) is 0.468. The minimum absolute atomic E-state index is 0.305. The molecule has 0 aromatic heterocycles. The topological polar surface area (TPSA) is 64.6 Å². The van der Waals surface area contributed by atoms with Crippen LogP contribution in [0.2, 0.25) is 0 Å². The van der Waals surface area contributed by atoms with Gasteiger partial charge in [-0.25, -0.2) is 9.59 Å². The summed E-state index contributed by atoms with van der Waals surface area (Å²) in [4.78, 5) is 25.1. The predicted octanol–water partition coefficient (Wildman–Crippen LogP) is 4.71. The summed E-state index contributed by atoms with van der Waals surface area (Å²) in [5.41, 5.74) is -1.53. The maximum absolute atomic E-state index is 12.4. The van der Waals surface area contributed by atoms with E-state index in [0.29, 0.717) is 24.3 Å². The number of amides is 1. The van der Waals surface area contributed by atoms with Gasteiger partial charge in [0, 0.05) is 4.83 Å². The van der Waals surface area contributed by atoms with E-state index in [2.05, 4.69) is 28.2 Å². The molecule has 0 aromatic carbocycles. The van der Waals surface area contributed by atoms with Gasteiger partial charge < -0.3 is 14.8 Å². The smallest absolute Gasteiger partial charge is 0.408 e. The van der Waals surface area contributed by atoms with E-state index in [9.17, 15) is 9.59 Å². The number of carbonyl (C=O) groups is 2. The van der Waals surface area contributed by atoms with Gasteiger partial charge in [0.15, 0.2) is 0 Å². The molecule has 5 nitrogen and oxygen atoms in total. The summed E-state index contributed by atoms with van der Waals surface area (Å²) in [5.74, 6) is -0.344. The number of hydrogen-bond donors (Lipinski definition) is 1. The molecule has 6 heteroatoms. The number of halogens is 1. The normalized spacial score (nSPS) is 18.5. The summed E-state index contributed by atoms with van der Waals surface area (Å²) < 4.78 is 10.8. The Morgan fingerprint density at radius 3 is 2.38 bits per heavy atom. The first-order valence-corrected chi connectivity index (χ1v) is 9.98. The third-order valence-corrected chi connectivity index (χ3v) is 5.18. The maximum atomic E-state index is 12.4. The van der Waals surface area contributed by atoms with Crippen LogP contribution in [0.5, 0.6) is 0 Å². The Kier molecular flexibility index (Phi) is 8.54. The van der Waals surface area contributed by atoms with Crippen molar-refractivity contribution in [3.63, 3.8) is 0 Å². The number of ether oxygens (including phenoxy) is 2. The van der Waals surface area contributed by atoms with Crippen molar-refractivity contribution >= 4 is 28.0 Å². The van der Waals surface area contributed by atoms with Gasteiger partial charge in [-0.15, -0.1) is 0 Å². The highest BCUT2D eigenvalue weighted by atomic mass is 79.9. The molecule has 24 heavy (non-hydrogen) atoms. The second kappa shape index (κ2) is 9.64. The molecule has 1 rings (SSSR count). The van der Waals surface area contributed by atoms with E-state index in [-0.39, 0.29) is 5.97 Å². The molecule has 1 N–H and O–H groups in total. The van der Waals surface area contributed by atoms with Crippen LogP contribution in [0.3, 0.4) is 0 Å². The lowest BCUT2D eigenvalue weighted by Gasteiger charge is -2.36. The average molecular weight is 406 g/mol. The van der Waals surface area contributed by atoms with Crippen molar-refractivity contribution in [2.24, 2.45) is 0 Å². The summed E-state index contributed by atoms with van der Waals surface area (Å²) in [5, 5.41) is 2.83. The molecule has 0 radical (unpaired) electrons. The Hall–Kier alpha value is -0.780. The summed E-state index contributed by atoms with van der Waals surface area (Å²) in [6.45, 7) is 8.01. The fourth-order valence-corrected chi connectivity index (χ4v) is 4.50. The third-order valence-electron chi connectivity index (χ3n) is 4.40. The minimum atomic E-state index is -0.932. The van der Waals surface area contributed by atoms with Crippen LogP contribution < -0.4 is 5.32 Å². The third kappa shape index (κ3) is 6.61. The zero-order chi connectivity index (χ0) is 18.2. The van der Waals surface area contributed by atoms with Crippen molar-refractivity contribution in [1.82, 2.24) is 5.32 Å². The van der Waals surface area contributed by atoms with Gasteiger partial charge in [-0.1, -0.05) is 48.5 Å². The van der Waals surface area contributed by atoms with E-state index in [4.69, 9.17) is 9.47 Å². The van der Waals surface area contributed by atoms with E-state index >= 15 is 0 Å². The van der Waals surface area contributed by atoms with Crippen molar-refractivity contribution < 1.29 is 19.1 Å². The molecule has 0 aliphatic heterocycles.